The van der Waals surface area contributed by atoms with Crippen molar-refractivity contribution in [3.8, 4) is 0 Å². The standard InChI is InChI=1S/C13H12ClN3OS/c14-11-6-12(16-7-15-11)17-13(18)9-2-1-3-10-8(9)4-5-19-10/h4-7,9H,1-3H2,(H,15,16,17,18). The number of nitrogens with zero attached hydrogens (tertiary/aromatic N) is 2. The quantitative estimate of drug-likeness (QED) is 0.865. The van der Waals surface area contributed by atoms with Gasteiger partial charge in [-0.1, -0.05) is 11.6 Å². The summed E-state index contributed by atoms with van der Waals surface area (Å²) in [4.78, 5) is 21.4. The van der Waals surface area contributed by atoms with Crippen LogP contribution >= 0.6 is 22.9 Å². The number of aryl methyl sites for hydroxylation is 1. The highest BCUT2D eigenvalue weighted by Crippen LogP contribution is 2.35. The number of nitrogens with one attached hydrogen (secondary N) is 1. The third-order valence-electron chi connectivity index (χ3n) is 3.25. The Morgan fingerprint density at radius 2 is 2.37 bits per heavy atom. The van der Waals surface area contributed by atoms with Crippen molar-refractivity contribution in [3.05, 3.63) is 39.4 Å². The van der Waals surface area contributed by atoms with Crippen LogP contribution in [0.25, 0.3) is 0 Å². The Morgan fingerprint density at radius 1 is 1.47 bits per heavy atom. The van der Waals surface area contributed by atoms with Gasteiger partial charge in [-0.2, -0.15) is 0 Å². The molecule has 1 amide bonds. The van der Waals surface area contributed by atoms with E-state index < -0.39 is 0 Å². The van der Waals surface area contributed by atoms with Crippen LogP contribution in [-0.4, -0.2) is 15.9 Å². The molecule has 2 aromatic rings. The fourth-order valence-electron chi connectivity index (χ4n) is 2.37. The molecule has 3 rings (SSSR count). The van der Waals surface area contributed by atoms with Gasteiger partial charge < -0.3 is 5.32 Å². The molecule has 98 valence electrons. The van der Waals surface area contributed by atoms with Gasteiger partial charge in [-0.15, -0.1) is 11.3 Å². The number of hydrogen-bond donors (Lipinski definition) is 1. The summed E-state index contributed by atoms with van der Waals surface area (Å²) in [5.41, 5.74) is 1.16. The Kier molecular flexibility index (Phi) is 3.48. The molecule has 1 atom stereocenters. The first-order valence-electron chi connectivity index (χ1n) is 6.09. The SMILES string of the molecule is O=C(Nc1cc(Cl)ncn1)C1CCCc2sccc21. The van der Waals surface area contributed by atoms with Crippen LogP contribution in [0.2, 0.25) is 5.15 Å². The minimum Gasteiger partial charge on any atom is -0.310 e. The van der Waals surface area contributed by atoms with Crippen LogP contribution in [0.1, 0.15) is 29.2 Å². The molecular formula is C13H12ClN3OS. The van der Waals surface area contributed by atoms with Gasteiger partial charge in [-0.25, -0.2) is 9.97 Å². The average molecular weight is 294 g/mol. The number of hydrogen-bond acceptors (Lipinski definition) is 4. The first-order chi connectivity index (χ1) is 9.24. The van der Waals surface area contributed by atoms with Crippen molar-refractivity contribution >= 4 is 34.7 Å². The van der Waals surface area contributed by atoms with E-state index in [2.05, 4.69) is 26.7 Å². The lowest BCUT2D eigenvalue weighted by molar-refractivity contribution is -0.117. The van der Waals surface area contributed by atoms with Gasteiger partial charge >= 0.3 is 0 Å². The van der Waals surface area contributed by atoms with Crippen molar-refractivity contribution in [3.63, 3.8) is 0 Å². The Labute approximate surface area is 119 Å². The Morgan fingerprint density at radius 3 is 3.21 bits per heavy atom. The lowest BCUT2D eigenvalue weighted by Crippen LogP contribution is -2.24. The van der Waals surface area contributed by atoms with Crippen molar-refractivity contribution in [1.82, 2.24) is 9.97 Å². The van der Waals surface area contributed by atoms with E-state index in [0.717, 1.165) is 24.8 Å². The fraction of sp³-hybridized carbons (Fsp3) is 0.308. The Hall–Kier alpha value is -1.46. The Bertz CT molecular complexity index is 613. The highest BCUT2D eigenvalue weighted by Gasteiger charge is 2.27. The smallest absolute Gasteiger partial charge is 0.233 e. The second kappa shape index (κ2) is 5.27. The molecule has 6 heteroatoms. The van der Waals surface area contributed by atoms with Crippen LogP contribution < -0.4 is 5.32 Å². The third kappa shape index (κ3) is 2.62. The van der Waals surface area contributed by atoms with Gasteiger partial charge in [0.15, 0.2) is 0 Å². The molecule has 0 saturated heterocycles. The number of rotatable bonds is 2. The summed E-state index contributed by atoms with van der Waals surface area (Å²) in [5.74, 6) is 0.352. The Balaban J connectivity index is 1.79. The second-order valence-corrected chi connectivity index (χ2v) is 5.85. The van der Waals surface area contributed by atoms with E-state index >= 15 is 0 Å². The van der Waals surface area contributed by atoms with Gasteiger partial charge in [-0.05, 0) is 36.3 Å². The molecule has 0 saturated carbocycles. The number of halogens is 1. The minimum atomic E-state index is -0.0799. The summed E-state index contributed by atoms with van der Waals surface area (Å²) in [6.45, 7) is 0. The van der Waals surface area contributed by atoms with Gasteiger partial charge in [0, 0.05) is 10.9 Å². The molecule has 1 unspecified atom stereocenters. The molecule has 2 aromatic heterocycles. The molecule has 0 spiro atoms. The molecule has 0 radical (unpaired) electrons. The summed E-state index contributed by atoms with van der Waals surface area (Å²) >= 11 is 7.51. The van der Waals surface area contributed by atoms with E-state index in [1.807, 2.05) is 0 Å². The summed E-state index contributed by atoms with van der Waals surface area (Å²) in [6, 6.07) is 3.60. The molecule has 19 heavy (non-hydrogen) atoms. The molecule has 0 aliphatic heterocycles. The van der Waals surface area contributed by atoms with E-state index in [1.165, 1.54) is 11.2 Å². The van der Waals surface area contributed by atoms with Gasteiger partial charge in [0.1, 0.15) is 17.3 Å². The molecule has 1 N–H and O–H groups in total. The van der Waals surface area contributed by atoms with Crippen molar-refractivity contribution in [1.29, 1.82) is 0 Å². The number of aromatic nitrogens is 2. The van der Waals surface area contributed by atoms with Crippen molar-refractivity contribution < 1.29 is 4.79 Å². The molecule has 1 aliphatic rings. The third-order valence-corrected chi connectivity index (χ3v) is 4.46. The summed E-state index contributed by atoms with van der Waals surface area (Å²) in [7, 11) is 0. The highest BCUT2D eigenvalue weighted by molar-refractivity contribution is 7.10. The number of fused-ring (bicyclic) bond motifs is 1. The maximum absolute atomic E-state index is 12.3. The zero-order valence-corrected chi connectivity index (χ0v) is 11.7. The van der Waals surface area contributed by atoms with Crippen molar-refractivity contribution in [2.45, 2.75) is 25.2 Å². The number of anilines is 1. The lowest BCUT2D eigenvalue weighted by atomic mass is 9.87. The second-order valence-electron chi connectivity index (χ2n) is 4.46. The lowest BCUT2D eigenvalue weighted by Gasteiger charge is -2.21. The van der Waals surface area contributed by atoms with Crippen LogP contribution in [0.15, 0.2) is 23.8 Å². The normalized spacial score (nSPS) is 17.8. The van der Waals surface area contributed by atoms with Crippen LogP contribution in [0.4, 0.5) is 5.82 Å². The monoisotopic (exact) mass is 293 g/mol. The first kappa shape index (κ1) is 12.6. The van der Waals surface area contributed by atoms with E-state index in [1.54, 1.807) is 17.4 Å². The average Bonchev–Trinajstić information content (AvgIpc) is 2.86. The van der Waals surface area contributed by atoms with Crippen molar-refractivity contribution in [2.24, 2.45) is 0 Å². The molecule has 0 fully saturated rings. The largest absolute Gasteiger partial charge is 0.310 e. The molecule has 0 bridgehead atoms. The van der Waals surface area contributed by atoms with E-state index in [9.17, 15) is 4.79 Å². The van der Waals surface area contributed by atoms with E-state index in [-0.39, 0.29) is 11.8 Å². The maximum atomic E-state index is 12.3. The predicted octanol–water partition coefficient (Wildman–Crippen LogP) is 3.25. The van der Waals surface area contributed by atoms with Crippen LogP contribution in [0.3, 0.4) is 0 Å². The molecule has 1 aliphatic carbocycles. The van der Waals surface area contributed by atoms with E-state index in [4.69, 9.17) is 11.6 Å². The van der Waals surface area contributed by atoms with Crippen LogP contribution in [0, 0.1) is 0 Å². The van der Waals surface area contributed by atoms with Gasteiger partial charge in [0.25, 0.3) is 0 Å². The minimum absolute atomic E-state index is 0.0193. The van der Waals surface area contributed by atoms with Crippen molar-refractivity contribution in [2.75, 3.05) is 5.32 Å². The van der Waals surface area contributed by atoms with Gasteiger partial charge in [-0.3, -0.25) is 4.79 Å². The summed E-state index contributed by atoms with van der Waals surface area (Å²) < 4.78 is 0. The summed E-state index contributed by atoms with van der Waals surface area (Å²) in [5, 5.41) is 5.19. The number of amides is 1. The fourth-order valence-corrected chi connectivity index (χ4v) is 3.51. The molecule has 0 aromatic carbocycles. The molecular weight excluding hydrogens is 282 g/mol. The number of thiophene rings is 1. The zero-order chi connectivity index (χ0) is 13.2. The predicted molar refractivity (Wildman–Crippen MR) is 75.7 cm³/mol. The van der Waals surface area contributed by atoms with Crippen LogP contribution in [0.5, 0.6) is 0 Å². The van der Waals surface area contributed by atoms with Crippen LogP contribution in [-0.2, 0) is 11.2 Å². The first-order valence-corrected chi connectivity index (χ1v) is 7.34. The molecule has 4 nitrogen and oxygen atoms in total. The van der Waals surface area contributed by atoms with Gasteiger partial charge in [0.05, 0.1) is 5.92 Å². The number of carbonyl (C=O) groups is 1. The summed E-state index contributed by atoms with van der Waals surface area (Å²) in [6.07, 6.45) is 4.36. The maximum Gasteiger partial charge on any atom is 0.233 e. The zero-order valence-electron chi connectivity index (χ0n) is 10.1. The highest BCUT2D eigenvalue weighted by atomic mass is 35.5. The molecule has 2 heterocycles. The number of carbonyl (C=O) groups excluding carboxylic acids is 1. The van der Waals surface area contributed by atoms with E-state index in [0.29, 0.717) is 11.0 Å². The van der Waals surface area contributed by atoms with Gasteiger partial charge in [0.2, 0.25) is 5.91 Å². The topological polar surface area (TPSA) is 54.9 Å².